The van der Waals surface area contributed by atoms with Crippen LogP contribution in [0.25, 0.3) is 0 Å². The molecule has 0 aliphatic carbocycles. The smallest absolute Gasteiger partial charge is 0.258 e. The number of amides is 1. The fraction of sp³-hybridized carbons (Fsp3) is 0.480. The number of nitrogens with zero attached hydrogens (tertiary/aromatic N) is 1. The number of unbranched alkanes of at least 4 members (excludes halogenated alkanes) is 1. The predicted octanol–water partition coefficient (Wildman–Crippen LogP) is 5.18. The lowest BCUT2D eigenvalue weighted by molar-refractivity contribution is 0.0478. The van der Waals surface area contributed by atoms with Crippen molar-refractivity contribution < 1.29 is 14.3 Å². The second-order valence-electron chi connectivity index (χ2n) is 8.17. The van der Waals surface area contributed by atoms with Crippen LogP contribution in [0.5, 0.6) is 5.75 Å². The molecule has 5 nitrogen and oxygen atoms in total. The van der Waals surface area contributed by atoms with E-state index in [2.05, 4.69) is 31.3 Å². The second kappa shape index (κ2) is 9.09. The molecule has 0 radical (unpaired) electrons. The molecule has 0 spiro atoms. The zero-order valence-corrected chi connectivity index (χ0v) is 18.0. The molecule has 2 heterocycles. The molecule has 2 atom stereocenters. The van der Waals surface area contributed by atoms with Crippen molar-refractivity contribution in [3.63, 3.8) is 0 Å². The predicted molar refractivity (Wildman–Crippen MR) is 119 cm³/mol. The van der Waals surface area contributed by atoms with E-state index >= 15 is 0 Å². The Kier molecular flexibility index (Phi) is 6.28. The van der Waals surface area contributed by atoms with Crippen molar-refractivity contribution in [3.05, 3.63) is 59.7 Å². The minimum absolute atomic E-state index is 0.0957. The molecular formula is C25H32N2O3. The van der Waals surface area contributed by atoms with E-state index in [4.69, 9.17) is 9.47 Å². The van der Waals surface area contributed by atoms with Gasteiger partial charge < -0.3 is 19.7 Å². The van der Waals surface area contributed by atoms with E-state index in [0.29, 0.717) is 6.61 Å². The minimum atomic E-state index is -0.562. The topological polar surface area (TPSA) is 50.8 Å². The Morgan fingerprint density at radius 2 is 1.97 bits per heavy atom. The maximum absolute atomic E-state index is 13.4. The largest absolute Gasteiger partial charge is 0.491 e. The Morgan fingerprint density at radius 3 is 2.67 bits per heavy atom. The van der Waals surface area contributed by atoms with Crippen LogP contribution in [0.1, 0.15) is 61.9 Å². The number of rotatable bonds is 8. The Hall–Kier alpha value is -2.53. The highest BCUT2D eigenvalue weighted by molar-refractivity contribution is 6.02. The maximum atomic E-state index is 13.4. The average Bonchev–Trinajstić information content (AvgIpc) is 3.31. The lowest BCUT2D eigenvalue weighted by atomic mass is 9.89. The summed E-state index contributed by atoms with van der Waals surface area (Å²) in [4.78, 5) is 15.4. The SMILES string of the molecule is CCCCN1C(=O)c2ccccc2NC1(CC)c1ccc(OCC2CCCO2)cc1. The van der Waals surface area contributed by atoms with Gasteiger partial charge in [-0.25, -0.2) is 0 Å². The summed E-state index contributed by atoms with van der Waals surface area (Å²) in [6, 6.07) is 16.0. The molecule has 0 saturated carbocycles. The lowest BCUT2D eigenvalue weighted by Gasteiger charge is -2.48. The zero-order valence-electron chi connectivity index (χ0n) is 18.0. The summed E-state index contributed by atoms with van der Waals surface area (Å²) in [5.74, 6) is 0.932. The summed E-state index contributed by atoms with van der Waals surface area (Å²) in [5, 5.41) is 3.71. The molecule has 1 saturated heterocycles. The van der Waals surface area contributed by atoms with Gasteiger partial charge in [-0.3, -0.25) is 4.79 Å². The van der Waals surface area contributed by atoms with E-state index in [0.717, 1.165) is 67.8 Å². The third-order valence-corrected chi connectivity index (χ3v) is 6.24. The molecule has 4 rings (SSSR count). The van der Waals surface area contributed by atoms with Crippen LogP contribution in [0.2, 0.25) is 0 Å². The number of anilines is 1. The summed E-state index contributed by atoms with van der Waals surface area (Å²) in [5.41, 5.74) is 2.16. The monoisotopic (exact) mass is 408 g/mol. The minimum Gasteiger partial charge on any atom is -0.491 e. The number of hydrogen-bond acceptors (Lipinski definition) is 4. The number of para-hydroxylation sites is 1. The van der Waals surface area contributed by atoms with Crippen molar-refractivity contribution in [2.75, 3.05) is 25.1 Å². The Bertz CT molecular complexity index is 861. The zero-order chi connectivity index (χ0) is 21.0. The molecule has 1 fully saturated rings. The van der Waals surface area contributed by atoms with Crippen molar-refractivity contribution >= 4 is 11.6 Å². The van der Waals surface area contributed by atoms with Crippen LogP contribution in [0.15, 0.2) is 48.5 Å². The first-order valence-electron chi connectivity index (χ1n) is 11.2. The van der Waals surface area contributed by atoms with Gasteiger partial charge >= 0.3 is 0 Å². The van der Waals surface area contributed by atoms with Gasteiger partial charge in [0.2, 0.25) is 0 Å². The molecule has 160 valence electrons. The number of fused-ring (bicyclic) bond motifs is 1. The summed E-state index contributed by atoms with van der Waals surface area (Å²) in [7, 11) is 0. The van der Waals surface area contributed by atoms with Gasteiger partial charge in [-0.1, -0.05) is 44.5 Å². The quantitative estimate of drug-likeness (QED) is 0.654. The van der Waals surface area contributed by atoms with Crippen LogP contribution in [-0.4, -0.2) is 36.7 Å². The van der Waals surface area contributed by atoms with Crippen LogP contribution in [0.4, 0.5) is 5.69 Å². The fourth-order valence-electron chi connectivity index (χ4n) is 4.50. The van der Waals surface area contributed by atoms with Crippen molar-refractivity contribution in [2.24, 2.45) is 0 Å². The molecule has 1 amide bonds. The van der Waals surface area contributed by atoms with Gasteiger partial charge in [0.15, 0.2) is 0 Å². The summed E-state index contributed by atoms with van der Waals surface area (Å²) in [6.45, 7) is 6.44. The van der Waals surface area contributed by atoms with E-state index < -0.39 is 5.66 Å². The Morgan fingerprint density at radius 1 is 1.17 bits per heavy atom. The van der Waals surface area contributed by atoms with E-state index in [1.165, 1.54) is 0 Å². The maximum Gasteiger partial charge on any atom is 0.258 e. The number of nitrogens with one attached hydrogen (secondary N) is 1. The molecule has 2 aromatic rings. The van der Waals surface area contributed by atoms with Crippen LogP contribution < -0.4 is 10.1 Å². The van der Waals surface area contributed by atoms with Crippen LogP contribution >= 0.6 is 0 Å². The fourth-order valence-corrected chi connectivity index (χ4v) is 4.50. The molecule has 2 aromatic carbocycles. The molecule has 5 heteroatoms. The standard InChI is InChI=1S/C25H32N2O3/c1-3-5-16-27-24(28)22-10-6-7-11-23(22)26-25(27,4-2)19-12-14-20(15-13-19)30-18-21-9-8-17-29-21/h6-7,10-15,21,26H,3-5,8-9,16-18H2,1-2H3. The summed E-state index contributed by atoms with van der Waals surface area (Å²) < 4.78 is 11.6. The van der Waals surface area contributed by atoms with E-state index in [9.17, 15) is 4.79 Å². The molecule has 0 aromatic heterocycles. The lowest BCUT2D eigenvalue weighted by Crippen LogP contribution is -2.57. The number of carbonyl (C=O) groups excluding carboxylic acids is 1. The average molecular weight is 409 g/mol. The van der Waals surface area contributed by atoms with E-state index in [-0.39, 0.29) is 12.0 Å². The number of ether oxygens (including phenoxy) is 2. The first-order chi connectivity index (χ1) is 14.7. The van der Waals surface area contributed by atoms with Gasteiger partial charge in [0, 0.05) is 18.8 Å². The van der Waals surface area contributed by atoms with Gasteiger partial charge in [0.05, 0.1) is 11.7 Å². The molecule has 2 aliphatic rings. The second-order valence-corrected chi connectivity index (χ2v) is 8.17. The first-order valence-corrected chi connectivity index (χ1v) is 11.2. The summed E-state index contributed by atoms with van der Waals surface area (Å²) in [6.07, 6.45) is 5.16. The van der Waals surface area contributed by atoms with Crippen molar-refractivity contribution in [1.82, 2.24) is 4.90 Å². The molecule has 30 heavy (non-hydrogen) atoms. The number of carbonyl (C=O) groups is 1. The number of benzene rings is 2. The Balaban J connectivity index is 1.61. The van der Waals surface area contributed by atoms with E-state index in [1.807, 2.05) is 41.3 Å². The van der Waals surface area contributed by atoms with Gasteiger partial charge in [-0.15, -0.1) is 0 Å². The van der Waals surface area contributed by atoms with Crippen molar-refractivity contribution in [1.29, 1.82) is 0 Å². The molecule has 2 aliphatic heterocycles. The summed E-state index contributed by atoms with van der Waals surface area (Å²) >= 11 is 0. The van der Waals surface area contributed by atoms with Crippen LogP contribution in [0.3, 0.4) is 0 Å². The Labute approximate surface area is 179 Å². The van der Waals surface area contributed by atoms with Crippen molar-refractivity contribution in [3.8, 4) is 5.75 Å². The van der Waals surface area contributed by atoms with Gasteiger partial charge in [0.1, 0.15) is 18.0 Å². The van der Waals surface area contributed by atoms with Gasteiger partial charge in [0.25, 0.3) is 5.91 Å². The van der Waals surface area contributed by atoms with E-state index in [1.54, 1.807) is 0 Å². The van der Waals surface area contributed by atoms with Gasteiger partial charge in [-0.05, 0) is 55.5 Å². The third-order valence-electron chi connectivity index (χ3n) is 6.24. The van der Waals surface area contributed by atoms with Crippen LogP contribution in [0, 0.1) is 0 Å². The highest BCUT2D eigenvalue weighted by Gasteiger charge is 2.44. The van der Waals surface area contributed by atoms with Gasteiger partial charge in [-0.2, -0.15) is 0 Å². The van der Waals surface area contributed by atoms with Crippen LogP contribution in [-0.2, 0) is 10.4 Å². The highest BCUT2D eigenvalue weighted by atomic mass is 16.5. The molecular weight excluding hydrogens is 376 g/mol. The first kappa shape index (κ1) is 20.7. The third kappa shape index (κ3) is 3.91. The molecule has 2 unspecified atom stereocenters. The number of hydrogen-bond donors (Lipinski definition) is 1. The highest BCUT2D eigenvalue weighted by Crippen LogP contribution is 2.40. The normalized spacial score (nSPS) is 23.2. The van der Waals surface area contributed by atoms with Crippen molar-refractivity contribution in [2.45, 2.75) is 57.7 Å². The molecule has 1 N–H and O–H groups in total. The molecule has 0 bridgehead atoms.